The number of hydrogen-bond donors (Lipinski definition) is 1. The van der Waals surface area contributed by atoms with Gasteiger partial charge in [0, 0.05) is 19.1 Å². The monoisotopic (exact) mass is 388 g/mol. The molecule has 0 amide bonds. The van der Waals surface area contributed by atoms with E-state index in [4.69, 9.17) is 0 Å². The lowest BCUT2D eigenvalue weighted by Crippen LogP contribution is -2.43. The van der Waals surface area contributed by atoms with Gasteiger partial charge in [0.25, 0.3) is 10.0 Å². The maximum absolute atomic E-state index is 12.4. The Hall–Kier alpha value is 0.340. The molecular weight excluding hydrogens is 372 g/mol. The molecule has 19 heavy (non-hydrogen) atoms. The van der Waals surface area contributed by atoms with Crippen molar-refractivity contribution in [1.82, 2.24) is 9.62 Å². The minimum absolute atomic E-state index is 0. The number of hydrogen-bond acceptors (Lipinski definition) is 4. The maximum atomic E-state index is 12.4. The van der Waals surface area contributed by atoms with E-state index in [0.29, 0.717) is 23.3 Å². The molecule has 1 aliphatic heterocycles. The molecule has 4 nitrogen and oxygen atoms in total. The van der Waals surface area contributed by atoms with E-state index in [1.165, 1.54) is 11.3 Å². The van der Waals surface area contributed by atoms with Gasteiger partial charge in [-0.25, -0.2) is 8.42 Å². The summed E-state index contributed by atoms with van der Waals surface area (Å²) in [5.74, 6) is 0. The summed E-state index contributed by atoms with van der Waals surface area (Å²) < 4.78 is 27.8. The summed E-state index contributed by atoms with van der Waals surface area (Å²) in [7, 11) is -1.38. The highest BCUT2D eigenvalue weighted by atomic mass is 79.9. The average molecular weight is 390 g/mol. The normalized spacial score (nSPS) is 18.3. The average Bonchev–Trinajstić information content (AvgIpc) is 2.70. The third-order valence-electron chi connectivity index (χ3n) is 3.29. The molecule has 0 aliphatic carbocycles. The molecule has 0 bridgehead atoms. The summed E-state index contributed by atoms with van der Waals surface area (Å²) in [5.41, 5.74) is 0.976. The molecule has 1 N–H and O–H groups in total. The topological polar surface area (TPSA) is 49.4 Å². The molecule has 1 fully saturated rings. The molecule has 0 aromatic carbocycles. The lowest BCUT2D eigenvalue weighted by Gasteiger charge is -2.30. The number of aryl methyl sites for hydroxylation is 1. The SMILES string of the molecule is CNC1CCN(S(=O)(=O)c2cc(C)c(Br)s2)CC1.Cl. The van der Waals surface area contributed by atoms with Crippen LogP contribution in [0.5, 0.6) is 0 Å². The Morgan fingerprint density at radius 1 is 1.42 bits per heavy atom. The van der Waals surface area contributed by atoms with E-state index in [1.807, 2.05) is 14.0 Å². The smallest absolute Gasteiger partial charge is 0.252 e. The highest BCUT2D eigenvalue weighted by molar-refractivity contribution is 9.11. The zero-order valence-corrected chi connectivity index (χ0v) is 14.9. The number of halogens is 2. The molecule has 1 saturated heterocycles. The summed E-state index contributed by atoms with van der Waals surface area (Å²) in [4.78, 5) is 0. The van der Waals surface area contributed by atoms with E-state index >= 15 is 0 Å². The number of rotatable bonds is 3. The van der Waals surface area contributed by atoms with Gasteiger partial charge in [-0.05, 0) is 54.4 Å². The number of thiophene rings is 1. The Morgan fingerprint density at radius 2 is 2.00 bits per heavy atom. The molecule has 0 spiro atoms. The van der Waals surface area contributed by atoms with Gasteiger partial charge in [-0.2, -0.15) is 4.31 Å². The van der Waals surface area contributed by atoms with Gasteiger partial charge < -0.3 is 5.32 Å². The van der Waals surface area contributed by atoms with E-state index < -0.39 is 10.0 Å². The van der Waals surface area contributed by atoms with Gasteiger partial charge in [-0.1, -0.05) is 0 Å². The van der Waals surface area contributed by atoms with Crippen molar-refractivity contribution in [3.05, 3.63) is 15.4 Å². The molecule has 0 atom stereocenters. The summed E-state index contributed by atoms with van der Waals surface area (Å²) >= 11 is 4.67. The van der Waals surface area contributed by atoms with Crippen molar-refractivity contribution in [2.24, 2.45) is 0 Å². The summed E-state index contributed by atoms with van der Waals surface area (Å²) in [6.07, 6.45) is 1.75. The van der Waals surface area contributed by atoms with Crippen LogP contribution in [0.1, 0.15) is 18.4 Å². The quantitative estimate of drug-likeness (QED) is 0.864. The highest BCUT2D eigenvalue weighted by Gasteiger charge is 2.30. The van der Waals surface area contributed by atoms with E-state index in [2.05, 4.69) is 21.2 Å². The molecular formula is C11H18BrClN2O2S2. The van der Waals surface area contributed by atoms with Crippen LogP contribution in [0.3, 0.4) is 0 Å². The number of nitrogens with zero attached hydrogens (tertiary/aromatic N) is 1. The summed E-state index contributed by atoms with van der Waals surface area (Å²) in [5, 5.41) is 3.20. The van der Waals surface area contributed by atoms with E-state index in [9.17, 15) is 8.42 Å². The Balaban J connectivity index is 0.00000180. The molecule has 2 heterocycles. The van der Waals surface area contributed by atoms with Crippen LogP contribution in [0.25, 0.3) is 0 Å². The number of sulfonamides is 1. The first-order chi connectivity index (χ1) is 8.45. The second kappa shape index (κ2) is 6.87. The second-order valence-corrected chi connectivity index (χ2v) is 9.02. The zero-order valence-electron chi connectivity index (χ0n) is 10.8. The van der Waals surface area contributed by atoms with Crippen molar-refractivity contribution in [1.29, 1.82) is 0 Å². The van der Waals surface area contributed by atoms with Crippen molar-refractivity contribution in [3.8, 4) is 0 Å². The van der Waals surface area contributed by atoms with Gasteiger partial charge in [-0.3, -0.25) is 0 Å². The van der Waals surface area contributed by atoms with Crippen LogP contribution >= 0.6 is 39.7 Å². The first kappa shape index (κ1) is 17.4. The predicted molar refractivity (Wildman–Crippen MR) is 84.8 cm³/mol. The molecule has 110 valence electrons. The molecule has 0 saturated carbocycles. The standard InChI is InChI=1S/C11H17BrN2O2S2.ClH/c1-8-7-10(17-11(8)12)18(15,16)14-5-3-9(13-2)4-6-14;/h7,9,13H,3-6H2,1-2H3;1H. The number of piperidine rings is 1. The van der Waals surface area contributed by atoms with Crippen LogP contribution in [0.15, 0.2) is 14.1 Å². The van der Waals surface area contributed by atoms with Gasteiger partial charge in [0.1, 0.15) is 4.21 Å². The summed E-state index contributed by atoms with van der Waals surface area (Å²) in [6, 6.07) is 2.18. The van der Waals surface area contributed by atoms with Gasteiger partial charge >= 0.3 is 0 Å². The second-order valence-electron chi connectivity index (χ2n) is 4.49. The molecule has 8 heteroatoms. The van der Waals surface area contributed by atoms with E-state index in [-0.39, 0.29) is 12.4 Å². The van der Waals surface area contributed by atoms with Crippen molar-refractivity contribution in [3.63, 3.8) is 0 Å². The van der Waals surface area contributed by atoms with Gasteiger partial charge in [0.05, 0.1) is 3.79 Å². The van der Waals surface area contributed by atoms with E-state index in [1.54, 1.807) is 10.4 Å². The molecule has 1 aromatic heterocycles. The minimum atomic E-state index is -3.30. The van der Waals surface area contributed by atoms with E-state index in [0.717, 1.165) is 22.2 Å². The maximum Gasteiger partial charge on any atom is 0.252 e. The first-order valence-corrected chi connectivity index (χ1v) is 8.93. The van der Waals surface area contributed by atoms with Crippen LogP contribution in [0, 0.1) is 6.92 Å². The number of nitrogens with one attached hydrogen (secondary N) is 1. The molecule has 1 aromatic rings. The lowest BCUT2D eigenvalue weighted by atomic mass is 10.1. The largest absolute Gasteiger partial charge is 0.317 e. The first-order valence-electron chi connectivity index (χ1n) is 5.88. The third-order valence-corrected chi connectivity index (χ3v) is 7.78. The Labute approximate surface area is 133 Å². The molecule has 1 aliphatic rings. The molecule has 0 unspecified atom stereocenters. The van der Waals surface area contributed by atoms with Crippen LogP contribution in [-0.2, 0) is 10.0 Å². The van der Waals surface area contributed by atoms with Gasteiger partial charge in [-0.15, -0.1) is 23.7 Å². The fourth-order valence-corrected chi connectivity index (χ4v) is 5.92. The minimum Gasteiger partial charge on any atom is -0.317 e. The Morgan fingerprint density at radius 3 is 2.42 bits per heavy atom. The Bertz CT molecular complexity index is 505. The fourth-order valence-electron chi connectivity index (χ4n) is 2.07. The fraction of sp³-hybridized carbons (Fsp3) is 0.636. The Kier molecular flexibility index (Phi) is 6.28. The van der Waals surface area contributed by atoms with Crippen molar-refractivity contribution < 1.29 is 8.42 Å². The van der Waals surface area contributed by atoms with Crippen LogP contribution in [0.2, 0.25) is 0 Å². The van der Waals surface area contributed by atoms with Crippen LogP contribution in [0.4, 0.5) is 0 Å². The third kappa shape index (κ3) is 3.71. The van der Waals surface area contributed by atoms with Gasteiger partial charge in [0.15, 0.2) is 0 Å². The van der Waals surface area contributed by atoms with Crippen molar-refractivity contribution in [2.45, 2.75) is 30.0 Å². The lowest BCUT2D eigenvalue weighted by molar-refractivity contribution is 0.299. The molecule has 2 rings (SSSR count). The van der Waals surface area contributed by atoms with Gasteiger partial charge in [0.2, 0.25) is 0 Å². The highest BCUT2D eigenvalue weighted by Crippen LogP contribution is 2.33. The van der Waals surface area contributed by atoms with Crippen molar-refractivity contribution >= 4 is 49.7 Å². The van der Waals surface area contributed by atoms with Crippen LogP contribution < -0.4 is 5.32 Å². The van der Waals surface area contributed by atoms with Crippen molar-refractivity contribution in [2.75, 3.05) is 20.1 Å². The van der Waals surface area contributed by atoms with Crippen LogP contribution in [-0.4, -0.2) is 38.9 Å². The summed E-state index contributed by atoms with van der Waals surface area (Å²) in [6.45, 7) is 3.11. The predicted octanol–water partition coefficient (Wildman–Crippen LogP) is 2.61. The molecule has 0 radical (unpaired) electrons. The zero-order chi connectivity index (χ0) is 13.3.